The van der Waals surface area contributed by atoms with Crippen molar-refractivity contribution in [2.45, 2.75) is 46.1 Å². The maximum Gasteiger partial charge on any atom is 0.374 e. The van der Waals surface area contributed by atoms with E-state index in [0.29, 0.717) is 20.4 Å². The topological polar surface area (TPSA) is 116 Å². The first-order valence-corrected chi connectivity index (χ1v) is 10.9. The number of nitrogens with zero attached hydrogens (tertiary/aromatic N) is 4. The molecule has 29 heavy (non-hydrogen) atoms. The minimum Gasteiger partial charge on any atom is -0.460 e. The van der Waals surface area contributed by atoms with Gasteiger partial charge in [0.25, 0.3) is 5.56 Å². The van der Waals surface area contributed by atoms with Crippen LogP contribution in [-0.4, -0.2) is 38.2 Å². The molecule has 0 fully saturated rings. The van der Waals surface area contributed by atoms with Crippen LogP contribution < -0.4 is 10.9 Å². The molecule has 0 saturated heterocycles. The van der Waals surface area contributed by atoms with Crippen LogP contribution in [0.2, 0.25) is 0 Å². The number of thiophene rings is 1. The molecule has 0 bridgehead atoms. The zero-order valence-corrected chi connectivity index (χ0v) is 17.6. The molecule has 0 aliphatic heterocycles. The van der Waals surface area contributed by atoms with Crippen LogP contribution in [0.4, 0.5) is 5.13 Å². The fourth-order valence-electron chi connectivity index (χ4n) is 3.39. The molecule has 3 heterocycles. The fourth-order valence-corrected chi connectivity index (χ4v) is 5.25. The van der Waals surface area contributed by atoms with Crippen molar-refractivity contribution < 1.29 is 14.3 Å². The van der Waals surface area contributed by atoms with Crippen LogP contribution in [0, 0.1) is 6.92 Å². The largest absolute Gasteiger partial charge is 0.460 e. The fraction of sp³-hybridized carbons (Fsp3) is 0.444. The van der Waals surface area contributed by atoms with Gasteiger partial charge in [-0.25, -0.2) is 9.78 Å². The predicted octanol–water partition coefficient (Wildman–Crippen LogP) is 2.31. The summed E-state index contributed by atoms with van der Waals surface area (Å²) in [6.45, 7) is 3.23. The molecule has 0 radical (unpaired) electrons. The van der Waals surface area contributed by atoms with E-state index in [2.05, 4.69) is 20.5 Å². The molecule has 1 amide bonds. The van der Waals surface area contributed by atoms with Gasteiger partial charge in [0.1, 0.15) is 16.4 Å². The molecular weight excluding hydrogens is 414 g/mol. The summed E-state index contributed by atoms with van der Waals surface area (Å²) < 4.78 is 6.17. The lowest BCUT2D eigenvalue weighted by Crippen LogP contribution is -2.33. The molecule has 0 spiro atoms. The molecule has 3 aromatic rings. The molecule has 152 valence electrons. The number of anilines is 1. The van der Waals surface area contributed by atoms with Crippen molar-refractivity contribution in [2.75, 3.05) is 11.9 Å². The number of aryl methyl sites for hydroxylation is 3. The van der Waals surface area contributed by atoms with Gasteiger partial charge in [0.2, 0.25) is 16.9 Å². The van der Waals surface area contributed by atoms with Crippen molar-refractivity contribution in [1.29, 1.82) is 0 Å². The summed E-state index contributed by atoms with van der Waals surface area (Å²) >= 11 is 2.67. The summed E-state index contributed by atoms with van der Waals surface area (Å²) in [4.78, 5) is 44.4. The Morgan fingerprint density at radius 2 is 2.00 bits per heavy atom. The molecule has 3 aromatic heterocycles. The standard InChI is InChI=1S/C18H19N5O4S2/c1-3-27-17(26)14-20-15-13(10-6-4-5-7-11(10)29-15)16(25)23(14)8-12(24)19-18-22-21-9(2)28-18/h3-8H2,1-2H3,(H,19,22,24). The average Bonchev–Trinajstić information content (AvgIpc) is 3.26. The third-order valence-corrected chi connectivity index (χ3v) is 6.55. The maximum absolute atomic E-state index is 13.3. The Hall–Kier alpha value is -2.66. The minimum absolute atomic E-state index is 0.143. The van der Waals surface area contributed by atoms with E-state index in [0.717, 1.165) is 40.7 Å². The highest BCUT2D eigenvalue weighted by Gasteiger charge is 2.26. The lowest BCUT2D eigenvalue weighted by atomic mass is 9.97. The van der Waals surface area contributed by atoms with Gasteiger partial charge in [-0.05, 0) is 45.1 Å². The van der Waals surface area contributed by atoms with Crippen LogP contribution >= 0.6 is 22.7 Å². The van der Waals surface area contributed by atoms with E-state index in [-0.39, 0.29) is 24.5 Å². The number of hydrogen-bond donors (Lipinski definition) is 1. The number of aromatic nitrogens is 4. The highest BCUT2D eigenvalue weighted by molar-refractivity contribution is 7.18. The first kappa shape index (κ1) is 19.6. The monoisotopic (exact) mass is 433 g/mol. The van der Waals surface area contributed by atoms with Crippen molar-refractivity contribution >= 4 is 49.9 Å². The molecule has 0 saturated carbocycles. The molecule has 0 unspecified atom stereocenters. The van der Waals surface area contributed by atoms with Gasteiger partial charge in [-0.1, -0.05) is 11.3 Å². The Labute approximate surface area is 173 Å². The van der Waals surface area contributed by atoms with E-state index in [4.69, 9.17) is 4.74 Å². The van der Waals surface area contributed by atoms with Gasteiger partial charge < -0.3 is 4.74 Å². The molecule has 9 nitrogen and oxygen atoms in total. The number of carbonyl (C=O) groups excluding carboxylic acids is 2. The third-order valence-electron chi connectivity index (χ3n) is 4.61. The van der Waals surface area contributed by atoms with Crippen LogP contribution in [0.25, 0.3) is 10.2 Å². The molecular formula is C18H19N5O4S2. The second-order valence-electron chi connectivity index (χ2n) is 6.61. The van der Waals surface area contributed by atoms with Crippen molar-refractivity contribution in [3.63, 3.8) is 0 Å². The first-order valence-electron chi connectivity index (χ1n) is 9.30. The Morgan fingerprint density at radius 3 is 2.72 bits per heavy atom. The summed E-state index contributed by atoms with van der Waals surface area (Å²) in [5.41, 5.74) is 0.610. The van der Waals surface area contributed by atoms with E-state index in [1.54, 1.807) is 13.8 Å². The molecule has 1 N–H and O–H groups in total. The van der Waals surface area contributed by atoms with Crippen LogP contribution in [-0.2, 0) is 28.9 Å². The molecule has 0 atom stereocenters. The average molecular weight is 434 g/mol. The summed E-state index contributed by atoms with van der Waals surface area (Å²) in [7, 11) is 0. The molecule has 1 aliphatic carbocycles. The van der Waals surface area contributed by atoms with Gasteiger partial charge in [0.05, 0.1) is 12.0 Å². The van der Waals surface area contributed by atoms with Gasteiger partial charge in [-0.2, -0.15) is 0 Å². The molecule has 0 aromatic carbocycles. The highest BCUT2D eigenvalue weighted by atomic mass is 32.1. The van der Waals surface area contributed by atoms with E-state index in [1.807, 2.05) is 0 Å². The van der Waals surface area contributed by atoms with Crippen molar-refractivity contribution in [3.05, 3.63) is 31.6 Å². The lowest BCUT2D eigenvalue weighted by Gasteiger charge is -2.12. The quantitative estimate of drug-likeness (QED) is 0.614. The van der Waals surface area contributed by atoms with Gasteiger partial charge in [0, 0.05) is 4.88 Å². The smallest absolute Gasteiger partial charge is 0.374 e. The second-order valence-corrected chi connectivity index (χ2v) is 8.88. The number of nitrogens with one attached hydrogen (secondary N) is 1. The van der Waals surface area contributed by atoms with E-state index < -0.39 is 11.9 Å². The summed E-state index contributed by atoms with van der Waals surface area (Å²) in [6, 6.07) is 0. The number of hydrogen-bond acceptors (Lipinski definition) is 9. The third kappa shape index (κ3) is 3.79. The van der Waals surface area contributed by atoms with E-state index >= 15 is 0 Å². The van der Waals surface area contributed by atoms with Gasteiger partial charge in [0.15, 0.2) is 0 Å². The lowest BCUT2D eigenvalue weighted by molar-refractivity contribution is -0.116. The van der Waals surface area contributed by atoms with E-state index in [9.17, 15) is 14.4 Å². The summed E-state index contributed by atoms with van der Waals surface area (Å²) in [6.07, 6.45) is 3.79. The Morgan fingerprint density at radius 1 is 1.21 bits per heavy atom. The number of amides is 1. The Balaban J connectivity index is 1.77. The summed E-state index contributed by atoms with van der Waals surface area (Å²) in [5.74, 6) is -1.37. The zero-order valence-electron chi connectivity index (χ0n) is 16.0. The number of fused-ring (bicyclic) bond motifs is 3. The van der Waals surface area contributed by atoms with Crippen LogP contribution in [0.1, 0.15) is 45.8 Å². The Bertz CT molecular complexity index is 1160. The number of carbonyl (C=O) groups is 2. The van der Waals surface area contributed by atoms with Gasteiger partial charge >= 0.3 is 5.97 Å². The van der Waals surface area contributed by atoms with Crippen molar-refractivity contribution in [2.24, 2.45) is 0 Å². The van der Waals surface area contributed by atoms with Crippen LogP contribution in [0.3, 0.4) is 0 Å². The molecule has 1 aliphatic rings. The molecule has 11 heteroatoms. The van der Waals surface area contributed by atoms with Crippen molar-refractivity contribution in [3.8, 4) is 0 Å². The first-order chi connectivity index (χ1) is 14.0. The van der Waals surface area contributed by atoms with Crippen LogP contribution in [0.5, 0.6) is 0 Å². The zero-order chi connectivity index (χ0) is 20.5. The predicted molar refractivity (Wildman–Crippen MR) is 110 cm³/mol. The SMILES string of the molecule is CCOC(=O)c1nc2sc3c(c2c(=O)n1CC(=O)Nc1nnc(C)s1)CCCC3. The van der Waals surface area contributed by atoms with Gasteiger partial charge in [-0.3, -0.25) is 19.5 Å². The normalized spacial score (nSPS) is 13.3. The number of rotatable bonds is 5. The minimum atomic E-state index is -0.725. The van der Waals surface area contributed by atoms with Crippen molar-refractivity contribution in [1.82, 2.24) is 19.7 Å². The number of esters is 1. The highest BCUT2D eigenvalue weighted by Crippen LogP contribution is 2.33. The van der Waals surface area contributed by atoms with Crippen LogP contribution in [0.15, 0.2) is 4.79 Å². The maximum atomic E-state index is 13.3. The Kier molecular flexibility index (Phi) is 5.41. The molecule has 4 rings (SSSR count). The van der Waals surface area contributed by atoms with Gasteiger partial charge in [-0.15, -0.1) is 21.5 Å². The second kappa shape index (κ2) is 7.99. The van der Waals surface area contributed by atoms with E-state index in [1.165, 1.54) is 22.7 Å². The summed E-state index contributed by atoms with van der Waals surface area (Å²) in [5, 5.41) is 11.9. The number of ether oxygens (including phenoxy) is 1.